The first kappa shape index (κ1) is 21.7. The second-order valence-corrected chi connectivity index (χ2v) is 15.6. The predicted octanol–water partition coefficient (Wildman–Crippen LogP) is 6.00. The Labute approximate surface area is 187 Å². The number of rotatable bonds is 5. The molecule has 4 aromatic rings. The summed E-state index contributed by atoms with van der Waals surface area (Å²) in [7, 11) is 0. The normalized spacial score (nSPS) is 11.9. The van der Waals surface area contributed by atoms with Gasteiger partial charge in [-0.15, -0.1) is 5.17 Å². The summed E-state index contributed by atoms with van der Waals surface area (Å²) in [5.74, 6) is 0. The third-order valence-electron chi connectivity index (χ3n) is 6.00. The molecule has 0 spiro atoms. The monoisotopic (exact) mass is 440 g/mol. The molecule has 2 heteroatoms. The van der Waals surface area contributed by atoms with Crippen LogP contribution in [-0.4, -0.2) is 17.5 Å². The van der Waals surface area contributed by atoms with E-state index in [4.69, 9.17) is 0 Å². The largest absolute Gasteiger partial charge is 0.114 e. The summed E-state index contributed by atoms with van der Waals surface area (Å²) in [6.07, 6.45) is 0. The molecule has 4 rings (SSSR count). The van der Waals surface area contributed by atoms with Crippen LogP contribution in [-0.2, 0) is 0 Å². The summed E-state index contributed by atoms with van der Waals surface area (Å²) in [4.78, 5) is 0. The summed E-state index contributed by atoms with van der Waals surface area (Å²) < 4.78 is 0. The van der Waals surface area contributed by atoms with Gasteiger partial charge in [-0.3, -0.25) is 0 Å². The molecule has 4 aromatic carbocycles. The van der Waals surface area contributed by atoms with E-state index in [0.717, 1.165) is 0 Å². The number of hydrogen-bond donors (Lipinski definition) is 0. The van der Waals surface area contributed by atoms with Gasteiger partial charge in [0, 0.05) is 0 Å². The molecular formula is C29H30P2. The molecular weight excluding hydrogens is 410 g/mol. The van der Waals surface area contributed by atoms with Gasteiger partial charge < -0.3 is 0 Å². The molecule has 0 aromatic heterocycles. The molecule has 0 atom stereocenters. The third-order valence-corrected chi connectivity index (χ3v) is 15.3. The quantitative estimate of drug-likeness (QED) is 0.334. The summed E-state index contributed by atoms with van der Waals surface area (Å²) in [6, 6.07) is 44.2. The van der Waals surface area contributed by atoms with Gasteiger partial charge in [0.05, 0.1) is 0 Å². The standard InChI is InChI=1S/C29H30P2/c1-25(2)31(28-20-12-6-13-21-28,29-22-14-7-15-23-29)24-30(3,26-16-8-4-9-17-26)27-18-10-5-11-19-27/h4-23,25H,1-3H3. The second kappa shape index (κ2) is 9.34. The molecule has 0 radical (unpaired) electrons. The van der Waals surface area contributed by atoms with Gasteiger partial charge in [-0.1, -0.05) is 135 Å². The van der Waals surface area contributed by atoms with Crippen molar-refractivity contribution < 1.29 is 0 Å². The molecule has 0 fully saturated rings. The molecule has 0 saturated heterocycles. The molecule has 31 heavy (non-hydrogen) atoms. The average molecular weight is 441 g/mol. The van der Waals surface area contributed by atoms with Crippen LogP contribution >= 0.6 is 13.8 Å². The smallest absolute Gasteiger partial charge is 0.00780 e. The van der Waals surface area contributed by atoms with Crippen molar-refractivity contribution in [2.24, 2.45) is 0 Å². The van der Waals surface area contributed by atoms with E-state index in [0.29, 0.717) is 5.66 Å². The fourth-order valence-corrected chi connectivity index (χ4v) is 14.2. The molecule has 0 bridgehead atoms. The van der Waals surface area contributed by atoms with E-state index < -0.39 is 13.8 Å². The van der Waals surface area contributed by atoms with Gasteiger partial charge >= 0.3 is 0 Å². The summed E-state index contributed by atoms with van der Waals surface area (Å²) in [5.41, 5.74) is 0.448. The van der Waals surface area contributed by atoms with Crippen molar-refractivity contribution in [2.75, 3.05) is 6.66 Å². The summed E-state index contributed by atoms with van der Waals surface area (Å²) in [6.45, 7) is 3.39. The van der Waals surface area contributed by atoms with Crippen molar-refractivity contribution in [2.45, 2.75) is 19.5 Å². The lowest BCUT2D eigenvalue weighted by atomic mass is 10.4. The number of hydrogen-bond acceptors (Lipinski definition) is 0. The van der Waals surface area contributed by atoms with E-state index in [1.807, 2.05) is 0 Å². The Kier molecular flexibility index (Phi) is 6.55. The molecule has 0 amide bonds. The van der Waals surface area contributed by atoms with E-state index in [2.05, 4.69) is 147 Å². The first-order valence-corrected chi connectivity index (χ1v) is 14.9. The van der Waals surface area contributed by atoms with E-state index in [-0.39, 0.29) is 0 Å². The van der Waals surface area contributed by atoms with Crippen LogP contribution in [0.1, 0.15) is 13.8 Å². The highest BCUT2D eigenvalue weighted by Crippen LogP contribution is 2.53. The van der Waals surface area contributed by atoms with Crippen LogP contribution in [0.25, 0.3) is 0 Å². The van der Waals surface area contributed by atoms with Crippen molar-refractivity contribution >= 4 is 40.2 Å². The fraction of sp³-hybridized carbons (Fsp3) is 0.138. The Morgan fingerprint density at radius 2 is 0.774 bits per heavy atom. The third kappa shape index (κ3) is 4.18. The zero-order chi connectivity index (χ0) is 21.7. The molecule has 0 nitrogen and oxygen atoms in total. The van der Waals surface area contributed by atoms with Crippen LogP contribution in [0.3, 0.4) is 0 Å². The first-order chi connectivity index (χ1) is 15.1. The topological polar surface area (TPSA) is 0 Å². The molecule has 0 N–H and O–H groups in total. The Balaban J connectivity index is 2.30. The minimum Gasteiger partial charge on any atom is -0.114 e. The van der Waals surface area contributed by atoms with Gasteiger partial charge in [0.25, 0.3) is 0 Å². The molecule has 0 aliphatic heterocycles. The molecule has 0 aliphatic rings. The van der Waals surface area contributed by atoms with Gasteiger partial charge in [-0.05, 0) is 47.3 Å². The van der Waals surface area contributed by atoms with Gasteiger partial charge in [-0.25, -0.2) is 0 Å². The first-order valence-electron chi connectivity index (χ1n) is 10.8. The zero-order valence-corrected chi connectivity index (χ0v) is 20.3. The van der Waals surface area contributed by atoms with Crippen molar-refractivity contribution in [3.63, 3.8) is 0 Å². The fourth-order valence-electron chi connectivity index (χ4n) is 4.33. The van der Waals surface area contributed by atoms with Crippen LogP contribution < -0.4 is 21.2 Å². The Morgan fingerprint density at radius 3 is 1.06 bits per heavy atom. The van der Waals surface area contributed by atoms with Crippen LogP contribution in [0.5, 0.6) is 0 Å². The van der Waals surface area contributed by atoms with Crippen molar-refractivity contribution in [1.82, 2.24) is 0 Å². The summed E-state index contributed by atoms with van der Waals surface area (Å²) >= 11 is 0. The Bertz CT molecular complexity index is 1150. The van der Waals surface area contributed by atoms with Crippen LogP contribution in [0.15, 0.2) is 121 Å². The molecule has 0 saturated carbocycles. The SMILES string of the molecule is CC(C)P(=C=P(C)(c1ccccc1)c1ccccc1)(c1ccccc1)c1ccccc1. The Hall–Kier alpha value is -2.48. The molecule has 156 valence electrons. The van der Waals surface area contributed by atoms with E-state index in [1.165, 1.54) is 21.2 Å². The van der Waals surface area contributed by atoms with E-state index >= 15 is 0 Å². The lowest BCUT2D eigenvalue weighted by Gasteiger charge is -2.32. The maximum atomic E-state index is 4.43. The maximum Gasteiger partial charge on any atom is -0.00780 e. The second-order valence-electron chi connectivity index (χ2n) is 8.26. The lowest BCUT2D eigenvalue weighted by Crippen LogP contribution is -2.25. The minimum absolute atomic E-state index is 0.448. The van der Waals surface area contributed by atoms with Gasteiger partial charge in [-0.2, -0.15) is 0 Å². The highest BCUT2D eigenvalue weighted by atomic mass is 31.2. The van der Waals surface area contributed by atoms with Crippen molar-refractivity contribution in [1.29, 1.82) is 0 Å². The van der Waals surface area contributed by atoms with Gasteiger partial charge in [0.2, 0.25) is 0 Å². The zero-order valence-electron chi connectivity index (χ0n) is 18.5. The predicted molar refractivity (Wildman–Crippen MR) is 144 cm³/mol. The van der Waals surface area contributed by atoms with Crippen molar-refractivity contribution in [3.8, 4) is 0 Å². The minimum atomic E-state index is -1.93. The molecule has 0 unspecified atom stereocenters. The summed E-state index contributed by atoms with van der Waals surface area (Å²) in [5, 5.41) is 10.0. The van der Waals surface area contributed by atoms with Crippen LogP contribution in [0.4, 0.5) is 0 Å². The highest BCUT2D eigenvalue weighted by Gasteiger charge is 2.28. The molecule has 0 aliphatic carbocycles. The van der Waals surface area contributed by atoms with Gasteiger partial charge in [0.15, 0.2) is 0 Å². The lowest BCUT2D eigenvalue weighted by molar-refractivity contribution is 1.10. The highest BCUT2D eigenvalue weighted by molar-refractivity contribution is 8.00. The number of benzene rings is 4. The van der Waals surface area contributed by atoms with Crippen LogP contribution in [0.2, 0.25) is 0 Å². The maximum absolute atomic E-state index is 4.43. The van der Waals surface area contributed by atoms with E-state index in [1.54, 1.807) is 0 Å². The van der Waals surface area contributed by atoms with Gasteiger partial charge in [0.1, 0.15) is 0 Å². The van der Waals surface area contributed by atoms with Crippen LogP contribution in [0, 0.1) is 0 Å². The Morgan fingerprint density at radius 1 is 0.484 bits per heavy atom. The van der Waals surface area contributed by atoms with E-state index in [9.17, 15) is 0 Å². The molecule has 0 heterocycles. The average Bonchev–Trinajstić information content (AvgIpc) is 2.84. The van der Waals surface area contributed by atoms with Crippen molar-refractivity contribution in [3.05, 3.63) is 121 Å².